The van der Waals surface area contributed by atoms with Gasteiger partial charge in [-0.1, -0.05) is 0 Å². The summed E-state index contributed by atoms with van der Waals surface area (Å²) >= 11 is 0. The van der Waals surface area contributed by atoms with Gasteiger partial charge in [0.25, 0.3) is 5.91 Å². The van der Waals surface area contributed by atoms with Crippen molar-refractivity contribution in [1.82, 2.24) is 10.3 Å². The van der Waals surface area contributed by atoms with E-state index in [1.54, 1.807) is 0 Å². The number of nitrogens with two attached hydrogens (primary N) is 2. The number of primary amides is 1. The van der Waals surface area contributed by atoms with Gasteiger partial charge in [0.15, 0.2) is 23.4 Å². The van der Waals surface area contributed by atoms with Crippen LogP contribution >= 0.6 is 0 Å². The number of aliphatic imine (C=N–C) groups is 1. The number of carbonyl (C=O) groups excluding carboxylic acids is 2. The Hall–Kier alpha value is -4.79. The lowest BCUT2D eigenvalue weighted by Crippen LogP contribution is -2.51. The maximum atomic E-state index is 14.9. The molecular formula is C32H28F5N5O5. The Labute approximate surface area is 264 Å². The summed E-state index contributed by atoms with van der Waals surface area (Å²) in [5.74, 6) is -2.90. The third kappa shape index (κ3) is 5.12. The van der Waals surface area contributed by atoms with E-state index in [-0.39, 0.29) is 51.7 Å². The van der Waals surface area contributed by atoms with E-state index in [2.05, 4.69) is 15.3 Å². The highest BCUT2D eigenvalue weighted by Crippen LogP contribution is 2.62. The van der Waals surface area contributed by atoms with Crippen molar-refractivity contribution >= 4 is 23.7 Å². The molecule has 4 atom stereocenters. The van der Waals surface area contributed by atoms with Gasteiger partial charge in [0.2, 0.25) is 11.5 Å². The zero-order valence-corrected chi connectivity index (χ0v) is 24.5. The van der Waals surface area contributed by atoms with E-state index in [1.807, 2.05) is 0 Å². The summed E-state index contributed by atoms with van der Waals surface area (Å²) in [4.78, 5) is 34.2. The number of halogens is 5. The number of carbonyl (C=O) groups is 2. The second-order valence-corrected chi connectivity index (χ2v) is 12.3. The number of hydrogen-bond donors (Lipinski definition) is 4. The predicted molar refractivity (Wildman–Crippen MR) is 157 cm³/mol. The van der Waals surface area contributed by atoms with Crippen LogP contribution in [-0.4, -0.2) is 65.3 Å². The molecule has 7 rings (SSSR count). The Morgan fingerprint density at radius 2 is 1.85 bits per heavy atom. The molecule has 2 heterocycles. The molecule has 10 nitrogen and oxygen atoms in total. The van der Waals surface area contributed by atoms with Gasteiger partial charge in [-0.2, -0.15) is 13.2 Å². The van der Waals surface area contributed by atoms with Gasteiger partial charge in [0.1, 0.15) is 17.3 Å². The molecule has 0 radical (unpaired) electrons. The molecule has 3 aromatic rings. The Balaban J connectivity index is 1.26. The minimum atomic E-state index is -5.46. The number of ether oxygens (including phenoxy) is 2. The van der Waals surface area contributed by atoms with Crippen LogP contribution in [0.1, 0.15) is 52.9 Å². The Bertz CT molecular complexity index is 1830. The van der Waals surface area contributed by atoms with Gasteiger partial charge in [0.05, 0.1) is 30.1 Å². The average molecular weight is 658 g/mol. The van der Waals surface area contributed by atoms with Crippen molar-refractivity contribution in [2.75, 3.05) is 12.3 Å². The number of hydrogen-bond acceptors (Lipinski definition) is 8. The number of anilines is 1. The number of fused-ring (bicyclic) bond motifs is 3. The summed E-state index contributed by atoms with van der Waals surface area (Å²) in [5.41, 5.74) is 4.56. The fraction of sp³-hybridized carbons (Fsp3) is 0.375. The number of nitrogens with one attached hydrogen (secondary N) is 1. The summed E-state index contributed by atoms with van der Waals surface area (Å²) in [6.45, 7) is -1.44. The fourth-order valence-electron chi connectivity index (χ4n) is 5.69. The number of aromatic nitrogens is 1. The van der Waals surface area contributed by atoms with Gasteiger partial charge < -0.3 is 31.4 Å². The lowest BCUT2D eigenvalue weighted by molar-refractivity contribution is -0.265. The Morgan fingerprint density at radius 1 is 1.15 bits per heavy atom. The van der Waals surface area contributed by atoms with Crippen LogP contribution in [0.4, 0.5) is 27.6 Å². The molecular weight excluding hydrogens is 629 g/mol. The van der Waals surface area contributed by atoms with E-state index in [4.69, 9.17) is 20.9 Å². The molecule has 2 unspecified atom stereocenters. The number of nitrogen functional groups attached to an aromatic ring is 1. The monoisotopic (exact) mass is 657 g/mol. The van der Waals surface area contributed by atoms with E-state index in [0.29, 0.717) is 11.6 Å². The van der Waals surface area contributed by atoms with Crippen LogP contribution in [0, 0.1) is 5.82 Å². The first-order valence-electron chi connectivity index (χ1n) is 14.9. The number of nitrogens with zero attached hydrogens (tertiary/aromatic N) is 2. The fourth-order valence-corrected chi connectivity index (χ4v) is 5.69. The zero-order chi connectivity index (χ0) is 33.5. The maximum Gasteiger partial charge on any atom is 0.424 e. The highest BCUT2D eigenvalue weighted by atomic mass is 19.4. The van der Waals surface area contributed by atoms with Crippen LogP contribution in [0.15, 0.2) is 47.5 Å². The van der Waals surface area contributed by atoms with Crippen molar-refractivity contribution in [2.45, 2.75) is 67.3 Å². The first-order chi connectivity index (χ1) is 22.2. The highest BCUT2D eigenvalue weighted by molar-refractivity contribution is 6.00. The Kier molecular flexibility index (Phi) is 6.97. The lowest BCUT2D eigenvalue weighted by atomic mass is 9.88. The molecule has 0 spiro atoms. The first kappa shape index (κ1) is 30.8. The SMILES string of the molecule is NC(=O)[C@]12c3cc([C@@](O)(CNC(=O)c4cc(C=NC5CC5)c(N)c(OC5CC5)c4)C(F)(F)F)nc(-c4ccc(F)cc4)c3OC1C2F. The number of aliphatic hydroxyl groups is 1. The van der Waals surface area contributed by atoms with Crippen molar-refractivity contribution in [3.8, 4) is 22.8 Å². The summed E-state index contributed by atoms with van der Waals surface area (Å²) in [6, 6.07) is 7.91. The van der Waals surface area contributed by atoms with E-state index in [0.717, 1.165) is 37.8 Å². The molecule has 3 aliphatic carbocycles. The molecule has 2 amide bonds. The second-order valence-electron chi connectivity index (χ2n) is 12.3. The third-order valence-electron chi connectivity index (χ3n) is 8.85. The summed E-state index contributed by atoms with van der Waals surface area (Å²) < 4.78 is 84.4. The van der Waals surface area contributed by atoms with E-state index >= 15 is 0 Å². The number of rotatable bonds is 10. The molecule has 0 saturated heterocycles. The largest absolute Gasteiger partial charge is 0.488 e. The van der Waals surface area contributed by atoms with Gasteiger partial charge in [-0.3, -0.25) is 14.6 Å². The molecule has 6 N–H and O–H groups in total. The van der Waals surface area contributed by atoms with Gasteiger partial charge in [-0.15, -0.1) is 0 Å². The van der Waals surface area contributed by atoms with Crippen LogP contribution in [0.3, 0.4) is 0 Å². The van der Waals surface area contributed by atoms with E-state index in [1.165, 1.54) is 30.5 Å². The summed E-state index contributed by atoms with van der Waals surface area (Å²) in [5, 5.41) is 13.4. The van der Waals surface area contributed by atoms with E-state index < -0.39 is 59.3 Å². The minimum absolute atomic E-state index is 0.0554. The Morgan fingerprint density at radius 3 is 2.47 bits per heavy atom. The minimum Gasteiger partial charge on any atom is -0.488 e. The zero-order valence-electron chi connectivity index (χ0n) is 24.5. The number of amides is 2. The van der Waals surface area contributed by atoms with Crippen LogP contribution in [0.5, 0.6) is 11.5 Å². The molecule has 1 aromatic heterocycles. The molecule has 0 bridgehead atoms. The van der Waals surface area contributed by atoms with Crippen molar-refractivity contribution < 1.29 is 46.1 Å². The lowest BCUT2D eigenvalue weighted by Gasteiger charge is -2.31. The highest BCUT2D eigenvalue weighted by Gasteiger charge is 2.78. The number of alkyl halides is 4. The molecule has 47 heavy (non-hydrogen) atoms. The maximum absolute atomic E-state index is 14.9. The molecule has 1 aliphatic heterocycles. The van der Waals surface area contributed by atoms with Crippen molar-refractivity contribution in [3.63, 3.8) is 0 Å². The van der Waals surface area contributed by atoms with Crippen LogP contribution in [-0.2, 0) is 15.8 Å². The van der Waals surface area contributed by atoms with Crippen molar-refractivity contribution in [2.24, 2.45) is 10.7 Å². The topological polar surface area (TPSA) is 162 Å². The molecule has 2 aromatic carbocycles. The van der Waals surface area contributed by atoms with Gasteiger partial charge in [0, 0.05) is 28.5 Å². The number of pyridine rings is 1. The number of benzene rings is 2. The van der Waals surface area contributed by atoms with Crippen LogP contribution in [0.2, 0.25) is 0 Å². The van der Waals surface area contributed by atoms with Crippen LogP contribution in [0.25, 0.3) is 11.3 Å². The second kappa shape index (κ2) is 10.6. The van der Waals surface area contributed by atoms with Crippen molar-refractivity contribution in [3.05, 3.63) is 70.7 Å². The van der Waals surface area contributed by atoms with Gasteiger partial charge in [-0.05, 0) is 68.1 Å². The summed E-state index contributed by atoms with van der Waals surface area (Å²) in [6.07, 6.45) is -4.10. The quantitative estimate of drug-likeness (QED) is 0.147. The molecule has 246 valence electrons. The summed E-state index contributed by atoms with van der Waals surface area (Å²) in [7, 11) is 0. The normalized spacial score (nSPS) is 24.2. The first-order valence-corrected chi connectivity index (χ1v) is 14.9. The van der Waals surface area contributed by atoms with Gasteiger partial charge >= 0.3 is 6.18 Å². The van der Waals surface area contributed by atoms with Crippen molar-refractivity contribution in [1.29, 1.82) is 0 Å². The van der Waals surface area contributed by atoms with Crippen LogP contribution < -0.4 is 26.3 Å². The predicted octanol–water partition coefficient (Wildman–Crippen LogP) is 3.61. The molecule has 3 fully saturated rings. The molecule has 3 saturated carbocycles. The average Bonchev–Trinajstić information content (AvgIpc) is 3.96. The molecule has 15 heteroatoms. The third-order valence-corrected chi connectivity index (χ3v) is 8.85. The van der Waals surface area contributed by atoms with Gasteiger partial charge in [-0.25, -0.2) is 13.8 Å². The standard InChI is InChI=1S/C32H28F5N5O5/c33-17-3-1-14(2-4-17)24-25-20(31(29(39)44)26(34)27(31)47-25)11-22(42-24)30(45,32(35,36)37)13-41-28(43)15-9-16(12-40-18-5-6-18)23(38)21(10-15)46-19-7-8-19/h1-4,9-12,18-19,26-27,45H,5-8,13,38H2,(H2,39,44)(H,41,43)/t26?,27?,30-,31-/m0/s1. The smallest absolute Gasteiger partial charge is 0.424 e. The van der Waals surface area contributed by atoms with E-state index in [9.17, 15) is 36.6 Å². The molecule has 4 aliphatic rings.